The van der Waals surface area contributed by atoms with Gasteiger partial charge in [-0.15, -0.1) is 0 Å². The summed E-state index contributed by atoms with van der Waals surface area (Å²) in [6, 6.07) is 12.4. The second-order valence-corrected chi connectivity index (χ2v) is 5.34. The molecule has 0 aliphatic carbocycles. The van der Waals surface area contributed by atoms with Crippen LogP contribution in [0.25, 0.3) is 22.6 Å². The highest BCUT2D eigenvalue weighted by molar-refractivity contribution is 5.79. The fourth-order valence-corrected chi connectivity index (χ4v) is 2.82. The first-order valence-electron chi connectivity index (χ1n) is 7.04. The van der Waals surface area contributed by atoms with E-state index in [-0.39, 0.29) is 0 Å². The molecule has 2 aromatic carbocycles. The second kappa shape index (κ2) is 4.37. The lowest BCUT2D eigenvalue weighted by molar-refractivity contribution is 0.619. The van der Waals surface area contributed by atoms with Gasteiger partial charge in [0, 0.05) is 17.8 Å². The van der Waals surface area contributed by atoms with Gasteiger partial charge in [0.25, 0.3) is 0 Å². The summed E-state index contributed by atoms with van der Waals surface area (Å²) in [6.07, 6.45) is 2.30. The van der Waals surface area contributed by atoms with Gasteiger partial charge in [0.15, 0.2) is 5.58 Å². The summed E-state index contributed by atoms with van der Waals surface area (Å²) in [6.45, 7) is 3.12. The Bertz CT molecular complexity index is 789. The first kappa shape index (κ1) is 11.5. The van der Waals surface area contributed by atoms with Crippen molar-refractivity contribution >= 4 is 16.8 Å². The standard InChI is InChI=1S/C17H16N2O/c1-11-4-2-6-15-16(11)19-17(20-15)13-7-8-14-12(10-13)5-3-9-18-14/h2,4,6-8,10,18H,3,5,9H2,1H3. The summed E-state index contributed by atoms with van der Waals surface area (Å²) in [5.41, 5.74) is 6.62. The molecular formula is C17H16N2O. The Morgan fingerprint density at radius 1 is 1.20 bits per heavy atom. The Balaban J connectivity index is 1.84. The Morgan fingerprint density at radius 3 is 3.05 bits per heavy atom. The zero-order valence-corrected chi connectivity index (χ0v) is 11.4. The largest absolute Gasteiger partial charge is 0.436 e. The van der Waals surface area contributed by atoms with Crippen molar-refractivity contribution in [2.75, 3.05) is 11.9 Å². The number of aryl methyl sites for hydroxylation is 2. The van der Waals surface area contributed by atoms with E-state index in [1.165, 1.54) is 17.7 Å². The maximum atomic E-state index is 5.89. The Kier molecular flexibility index (Phi) is 2.52. The normalized spacial score (nSPS) is 14.1. The van der Waals surface area contributed by atoms with Crippen molar-refractivity contribution in [2.45, 2.75) is 19.8 Å². The van der Waals surface area contributed by atoms with Crippen molar-refractivity contribution in [1.82, 2.24) is 4.98 Å². The molecule has 1 N–H and O–H groups in total. The summed E-state index contributed by atoms with van der Waals surface area (Å²) >= 11 is 0. The van der Waals surface area contributed by atoms with Crippen LogP contribution >= 0.6 is 0 Å². The van der Waals surface area contributed by atoms with E-state index in [2.05, 4.69) is 41.5 Å². The number of nitrogens with zero attached hydrogens (tertiary/aromatic N) is 1. The van der Waals surface area contributed by atoms with Crippen molar-refractivity contribution in [3.63, 3.8) is 0 Å². The molecule has 1 aliphatic heterocycles. The quantitative estimate of drug-likeness (QED) is 0.717. The molecule has 3 nitrogen and oxygen atoms in total. The Labute approximate surface area is 117 Å². The van der Waals surface area contributed by atoms with Gasteiger partial charge >= 0.3 is 0 Å². The minimum atomic E-state index is 0.711. The molecule has 1 aromatic heterocycles. The molecule has 4 rings (SSSR count). The van der Waals surface area contributed by atoms with Gasteiger partial charge in [-0.05, 0) is 55.2 Å². The van der Waals surface area contributed by atoms with Gasteiger partial charge in [-0.1, -0.05) is 12.1 Å². The van der Waals surface area contributed by atoms with Gasteiger partial charge in [-0.3, -0.25) is 0 Å². The smallest absolute Gasteiger partial charge is 0.227 e. The van der Waals surface area contributed by atoms with E-state index in [4.69, 9.17) is 4.42 Å². The molecule has 0 radical (unpaired) electrons. The van der Waals surface area contributed by atoms with E-state index in [1.807, 2.05) is 12.1 Å². The number of aromatic nitrogens is 1. The molecule has 20 heavy (non-hydrogen) atoms. The fraction of sp³-hybridized carbons (Fsp3) is 0.235. The van der Waals surface area contributed by atoms with E-state index in [9.17, 15) is 0 Å². The summed E-state index contributed by atoms with van der Waals surface area (Å²) < 4.78 is 5.89. The third-order valence-electron chi connectivity index (χ3n) is 3.91. The van der Waals surface area contributed by atoms with Crippen molar-refractivity contribution in [2.24, 2.45) is 0 Å². The van der Waals surface area contributed by atoms with Crippen LogP contribution in [0.15, 0.2) is 40.8 Å². The number of anilines is 1. The average Bonchev–Trinajstić information content (AvgIpc) is 2.92. The van der Waals surface area contributed by atoms with Crippen molar-refractivity contribution in [3.8, 4) is 11.5 Å². The maximum Gasteiger partial charge on any atom is 0.227 e. The number of para-hydroxylation sites is 1. The molecule has 3 aromatic rings. The van der Waals surface area contributed by atoms with Crippen molar-refractivity contribution < 1.29 is 4.42 Å². The number of nitrogens with one attached hydrogen (secondary N) is 1. The molecular weight excluding hydrogens is 248 g/mol. The number of hydrogen-bond acceptors (Lipinski definition) is 3. The second-order valence-electron chi connectivity index (χ2n) is 5.34. The number of rotatable bonds is 1. The van der Waals surface area contributed by atoms with Crippen LogP contribution in [0.1, 0.15) is 17.5 Å². The molecule has 1 aliphatic rings. The topological polar surface area (TPSA) is 38.1 Å². The SMILES string of the molecule is Cc1cccc2oc(-c3ccc4c(c3)CCCN4)nc12. The van der Waals surface area contributed by atoms with Crippen LogP contribution in [-0.2, 0) is 6.42 Å². The number of oxazole rings is 1. The molecule has 0 spiro atoms. The monoisotopic (exact) mass is 264 g/mol. The van der Waals surface area contributed by atoms with Gasteiger partial charge in [0.2, 0.25) is 5.89 Å². The van der Waals surface area contributed by atoms with E-state index < -0.39 is 0 Å². The van der Waals surface area contributed by atoms with Crippen molar-refractivity contribution in [1.29, 1.82) is 0 Å². The molecule has 0 unspecified atom stereocenters. The van der Waals surface area contributed by atoms with Crippen LogP contribution in [0.4, 0.5) is 5.69 Å². The lowest BCUT2D eigenvalue weighted by Crippen LogP contribution is -2.11. The van der Waals surface area contributed by atoms with Gasteiger partial charge in [-0.25, -0.2) is 4.98 Å². The van der Waals surface area contributed by atoms with Crippen LogP contribution in [0.5, 0.6) is 0 Å². The fourth-order valence-electron chi connectivity index (χ4n) is 2.82. The zero-order valence-electron chi connectivity index (χ0n) is 11.4. The number of fused-ring (bicyclic) bond motifs is 2. The minimum Gasteiger partial charge on any atom is -0.436 e. The van der Waals surface area contributed by atoms with Gasteiger partial charge in [0.05, 0.1) is 0 Å². The van der Waals surface area contributed by atoms with Crippen LogP contribution < -0.4 is 5.32 Å². The number of hydrogen-bond donors (Lipinski definition) is 1. The van der Waals surface area contributed by atoms with Crippen LogP contribution in [0.3, 0.4) is 0 Å². The third kappa shape index (κ3) is 1.78. The molecule has 0 saturated heterocycles. The molecule has 0 bridgehead atoms. The van der Waals surface area contributed by atoms with E-state index in [1.54, 1.807) is 0 Å². The van der Waals surface area contributed by atoms with Gasteiger partial charge < -0.3 is 9.73 Å². The summed E-state index contributed by atoms with van der Waals surface area (Å²) in [4.78, 5) is 4.64. The lowest BCUT2D eigenvalue weighted by atomic mass is 10.0. The van der Waals surface area contributed by atoms with E-state index in [0.717, 1.165) is 35.2 Å². The molecule has 3 heteroatoms. The van der Waals surface area contributed by atoms with Gasteiger partial charge in [-0.2, -0.15) is 0 Å². The minimum absolute atomic E-state index is 0.711. The molecule has 0 atom stereocenters. The molecule has 100 valence electrons. The average molecular weight is 264 g/mol. The van der Waals surface area contributed by atoms with E-state index >= 15 is 0 Å². The van der Waals surface area contributed by atoms with Crippen LogP contribution in [0, 0.1) is 6.92 Å². The summed E-state index contributed by atoms with van der Waals surface area (Å²) in [5.74, 6) is 0.711. The molecule has 0 saturated carbocycles. The Morgan fingerprint density at radius 2 is 2.15 bits per heavy atom. The molecule has 0 fully saturated rings. The predicted molar refractivity (Wildman–Crippen MR) is 81.0 cm³/mol. The van der Waals surface area contributed by atoms with Crippen molar-refractivity contribution in [3.05, 3.63) is 47.5 Å². The van der Waals surface area contributed by atoms with E-state index in [0.29, 0.717) is 5.89 Å². The molecule has 0 amide bonds. The maximum absolute atomic E-state index is 5.89. The third-order valence-corrected chi connectivity index (χ3v) is 3.91. The van der Waals surface area contributed by atoms with Crippen LogP contribution in [-0.4, -0.2) is 11.5 Å². The Hall–Kier alpha value is -2.29. The summed E-state index contributed by atoms with van der Waals surface area (Å²) in [7, 11) is 0. The first-order chi connectivity index (χ1) is 9.81. The first-order valence-corrected chi connectivity index (χ1v) is 7.04. The molecule has 2 heterocycles. The number of benzene rings is 2. The lowest BCUT2D eigenvalue weighted by Gasteiger charge is -2.17. The van der Waals surface area contributed by atoms with Gasteiger partial charge in [0.1, 0.15) is 5.52 Å². The highest BCUT2D eigenvalue weighted by Crippen LogP contribution is 2.30. The predicted octanol–water partition coefficient (Wildman–Crippen LogP) is 4.16. The highest BCUT2D eigenvalue weighted by atomic mass is 16.3. The highest BCUT2D eigenvalue weighted by Gasteiger charge is 2.13. The zero-order chi connectivity index (χ0) is 13.5. The van der Waals surface area contributed by atoms with Crippen LogP contribution in [0.2, 0.25) is 0 Å². The summed E-state index contributed by atoms with van der Waals surface area (Å²) in [5, 5.41) is 3.43.